The number of nitrogens with one attached hydrogen (secondary N) is 1. The van der Waals surface area contributed by atoms with Crippen molar-refractivity contribution in [2.75, 3.05) is 11.9 Å². The van der Waals surface area contributed by atoms with Crippen LogP contribution in [0.2, 0.25) is 5.02 Å². The van der Waals surface area contributed by atoms with Crippen LogP contribution in [0.4, 0.5) is 5.69 Å². The molecule has 0 aliphatic rings. The average molecular weight is 326 g/mol. The van der Waals surface area contributed by atoms with Crippen LogP contribution in [0.1, 0.15) is 25.9 Å². The Bertz CT molecular complexity index is 687. The number of carbonyl (C=O) groups excluding carboxylic acids is 1. The van der Waals surface area contributed by atoms with Crippen molar-refractivity contribution in [2.24, 2.45) is 5.73 Å². The number of carboxylic acid groups (broad SMARTS) is 1. The van der Waals surface area contributed by atoms with E-state index in [1.54, 1.807) is 5.38 Å². The lowest BCUT2D eigenvalue weighted by Crippen LogP contribution is -2.13. The number of anilines is 1. The number of benzene rings is 1. The minimum atomic E-state index is -1.12. The standard InChI is InChI=1S/C13H12ClN3O3S/c14-8-3-7(13(19)20)4-9(5-8)16-12(18)10-6-21-11(17-10)1-2-15/h3-6H,1-2,15H2,(H,16,18)(H,19,20). The molecule has 0 saturated heterocycles. The lowest BCUT2D eigenvalue weighted by atomic mass is 10.2. The molecule has 6 nitrogen and oxygen atoms in total. The molecule has 8 heteroatoms. The van der Waals surface area contributed by atoms with Crippen LogP contribution in [0.25, 0.3) is 0 Å². The molecule has 0 bridgehead atoms. The van der Waals surface area contributed by atoms with Crippen molar-refractivity contribution >= 4 is 40.5 Å². The molecule has 0 saturated carbocycles. The third-order valence-electron chi connectivity index (χ3n) is 2.55. The predicted octanol–water partition coefficient (Wildman–Crippen LogP) is 2.25. The summed E-state index contributed by atoms with van der Waals surface area (Å²) >= 11 is 7.18. The third-order valence-corrected chi connectivity index (χ3v) is 3.67. The maximum Gasteiger partial charge on any atom is 0.335 e. The second-order valence-electron chi connectivity index (χ2n) is 4.15. The highest BCUT2D eigenvalue weighted by Crippen LogP contribution is 2.20. The van der Waals surface area contributed by atoms with E-state index in [0.29, 0.717) is 18.7 Å². The van der Waals surface area contributed by atoms with Gasteiger partial charge in [0.25, 0.3) is 5.91 Å². The van der Waals surface area contributed by atoms with Crippen LogP contribution < -0.4 is 11.1 Å². The largest absolute Gasteiger partial charge is 0.478 e. The third kappa shape index (κ3) is 4.01. The normalized spacial score (nSPS) is 10.4. The number of nitrogens with zero attached hydrogens (tertiary/aromatic N) is 1. The molecule has 2 aromatic rings. The van der Waals surface area contributed by atoms with Gasteiger partial charge in [-0.2, -0.15) is 0 Å². The summed E-state index contributed by atoms with van der Waals surface area (Å²) in [5, 5.41) is 14.2. The molecule has 1 amide bonds. The molecule has 21 heavy (non-hydrogen) atoms. The van der Waals surface area contributed by atoms with Crippen LogP contribution in [-0.2, 0) is 6.42 Å². The minimum Gasteiger partial charge on any atom is -0.478 e. The molecule has 0 fully saturated rings. The number of rotatable bonds is 5. The predicted molar refractivity (Wildman–Crippen MR) is 81.2 cm³/mol. The number of halogens is 1. The maximum absolute atomic E-state index is 12.0. The highest BCUT2D eigenvalue weighted by atomic mass is 35.5. The van der Waals surface area contributed by atoms with Crippen LogP contribution >= 0.6 is 22.9 Å². The molecule has 0 spiro atoms. The van der Waals surface area contributed by atoms with Crippen molar-refractivity contribution < 1.29 is 14.7 Å². The van der Waals surface area contributed by atoms with Gasteiger partial charge in [0.15, 0.2) is 0 Å². The SMILES string of the molecule is NCCc1nc(C(=O)Nc2cc(Cl)cc(C(=O)O)c2)cs1. The summed E-state index contributed by atoms with van der Waals surface area (Å²) in [6, 6.07) is 4.11. The van der Waals surface area contributed by atoms with E-state index in [1.165, 1.54) is 29.5 Å². The fourth-order valence-corrected chi connectivity index (χ4v) is 2.66. The second kappa shape index (κ2) is 6.66. The molecule has 0 aliphatic carbocycles. The van der Waals surface area contributed by atoms with Crippen molar-refractivity contribution in [1.29, 1.82) is 0 Å². The van der Waals surface area contributed by atoms with Gasteiger partial charge in [-0.05, 0) is 24.7 Å². The monoisotopic (exact) mass is 325 g/mol. The van der Waals surface area contributed by atoms with Gasteiger partial charge in [-0.1, -0.05) is 11.6 Å². The number of aromatic nitrogens is 1. The van der Waals surface area contributed by atoms with Crippen LogP contribution in [-0.4, -0.2) is 28.5 Å². The molecule has 4 N–H and O–H groups in total. The Kier molecular flexibility index (Phi) is 4.89. The molecule has 2 rings (SSSR count). The number of nitrogens with two attached hydrogens (primary N) is 1. The fourth-order valence-electron chi connectivity index (χ4n) is 1.63. The van der Waals surface area contributed by atoms with E-state index in [2.05, 4.69) is 10.3 Å². The number of hydrogen-bond donors (Lipinski definition) is 3. The zero-order valence-electron chi connectivity index (χ0n) is 10.8. The van der Waals surface area contributed by atoms with E-state index in [1.807, 2.05) is 0 Å². The van der Waals surface area contributed by atoms with E-state index >= 15 is 0 Å². The van der Waals surface area contributed by atoms with Gasteiger partial charge >= 0.3 is 5.97 Å². The summed E-state index contributed by atoms with van der Waals surface area (Å²) in [6.07, 6.45) is 0.609. The Hall–Kier alpha value is -1.96. The van der Waals surface area contributed by atoms with Crippen LogP contribution in [0.5, 0.6) is 0 Å². The van der Waals surface area contributed by atoms with Crippen LogP contribution in [0, 0.1) is 0 Å². The molecule has 0 atom stereocenters. The number of carbonyl (C=O) groups is 2. The Morgan fingerprint density at radius 2 is 2.14 bits per heavy atom. The number of carboxylic acids is 1. The Morgan fingerprint density at radius 3 is 2.81 bits per heavy atom. The first-order valence-electron chi connectivity index (χ1n) is 5.99. The second-order valence-corrected chi connectivity index (χ2v) is 5.53. The highest BCUT2D eigenvalue weighted by Gasteiger charge is 2.13. The minimum absolute atomic E-state index is 0.0000939. The van der Waals surface area contributed by atoms with E-state index in [9.17, 15) is 9.59 Å². The topological polar surface area (TPSA) is 105 Å². The van der Waals surface area contributed by atoms with Crippen LogP contribution in [0.15, 0.2) is 23.6 Å². The molecule has 110 valence electrons. The van der Waals surface area contributed by atoms with E-state index in [0.717, 1.165) is 5.01 Å². The zero-order valence-corrected chi connectivity index (χ0v) is 12.4. The van der Waals surface area contributed by atoms with Gasteiger partial charge in [0.2, 0.25) is 0 Å². The summed E-state index contributed by atoms with van der Waals surface area (Å²) in [5.41, 5.74) is 5.99. The van der Waals surface area contributed by atoms with Crippen molar-refractivity contribution in [1.82, 2.24) is 4.98 Å². The van der Waals surface area contributed by atoms with Gasteiger partial charge in [0.1, 0.15) is 5.69 Å². The number of aromatic carboxylic acids is 1. The molecule has 0 unspecified atom stereocenters. The molecular weight excluding hydrogens is 314 g/mol. The Balaban J connectivity index is 2.16. The Labute approximate surface area is 129 Å². The number of amides is 1. The molecule has 1 aromatic carbocycles. The quantitative estimate of drug-likeness (QED) is 0.782. The average Bonchev–Trinajstić information content (AvgIpc) is 2.87. The Morgan fingerprint density at radius 1 is 1.38 bits per heavy atom. The van der Waals surface area contributed by atoms with E-state index < -0.39 is 11.9 Å². The first-order valence-corrected chi connectivity index (χ1v) is 7.25. The molecular formula is C13H12ClN3O3S. The van der Waals surface area contributed by atoms with Gasteiger partial charge in [-0.25, -0.2) is 9.78 Å². The lowest BCUT2D eigenvalue weighted by molar-refractivity contribution is 0.0696. The van der Waals surface area contributed by atoms with E-state index in [-0.39, 0.29) is 16.3 Å². The van der Waals surface area contributed by atoms with Crippen LogP contribution in [0.3, 0.4) is 0 Å². The highest BCUT2D eigenvalue weighted by molar-refractivity contribution is 7.09. The first kappa shape index (κ1) is 15.4. The van der Waals surface area contributed by atoms with Gasteiger partial charge in [0, 0.05) is 22.5 Å². The van der Waals surface area contributed by atoms with Crippen molar-refractivity contribution in [2.45, 2.75) is 6.42 Å². The summed E-state index contributed by atoms with van der Waals surface area (Å²) < 4.78 is 0. The molecule has 1 heterocycles. The van der Waals surface area contributed by atoms with Crippen molar-refractivity contribution in [3.8, 4) is 0 Å². The first-order chi connectivity index (χ1) is 9.99. The maximum atomic E-state index is 12.0. The summed E-state index contributed by atoms with van der Waals surface area (Å²) in [6.45, 7) is 0.463. The fraction of sp³-hybridized carbons (Fsp3) is 0.154. The molecule has 0 aliphatic heterocycles. The van der Waals surface area contributed by atoms with Gasteiger partial charge < -0.3 is 16.2 Å². The van der Waals surface area contributed by atoms with Gasteiger partial charge in [0.05, 0.1) is 10.6 Å². The lowest BCUT2D eigenvalue weighted by Gasteiger charge is -2.05. The zero-order chi connectivity index (χ0) is 15.4. The number of hydrogen-bond acceptors (Lipinski definition) is 5. The number of thiazole rings is 1. The van der Waals surface area contributed by atoms with Crippen molar-refractivity contribution in [3.05, 3.63) is 44.9 Å². The molecule has 1 aromatic heterocycles. The molecule has 0 radical (unpaired) electrons. The summed E-state index contributed by atoms with van der Waals surface area (Å²) in [4.78, 5) is 27.1. The summed E-state index contributed by atoms with van der Waals surface area (Å²) in [5.74, 6) is -1.54. The van der Waals surface area contributed by atoms with Gasteiger partial charge in [-0.15, -0.1) is 11.3 Å². The van der Waals surface area contributed by atoms with E-state index in [4.69, 9.17) is 22.4 Å². The van der Waals surface area contributed by atoms with Crippen molar-refractivity contribution in [3.63, 3.8) is 0 Å². The van der Waals surface area contributed by atoms with Gasteiger partial charge in [-0.3, -0.25) is 4.79 Å². The summed E-state index contributed by atoms with van der Waals surface area (Å²) in [7, 11) is 0. The smallest absolute Gasteiger partial charge is 0.335 e.